The Morgan fingerprint density at radius 2 is 2.17 bits per heavy atom. The minimum absolute atomic E-state index is 0.0134. The van der Waals surface area contributed by atoms with Crippen LogP contribution in [0.15, 0.2) is 0 Å². The molecule has 0 saturated carbocycles. The monoisotopic (exact) mass is 332 g/mol. The van der Waals surface area contributed by atoms with Crippen molar-refractivity contribution >= 4 is 5.91 Å². The first-order valence-corrected chi connectivity index (χ1v) is 9.34. The summed E-state index contributed by atoms with van der Waals surface area (Å²) in [4.78, 5) is 15.2. The summed E-state index contributed by atoms with van der Waals surface area (Å²) < 4.78 is 5.98. The number of ether oxygens (including phenoxy) is 1. The predicted molar refractivity (Wildman–Crippen MR) is 91.0 cm³/mol. The fraction of sp³-hybridized carbons (Fsp3) is 0.778. The first kappa shape index (κ1) is 16.1. The zero-order valence-electron chi connectivity index (χ0n) is 14.7. The van der Waals surface area contributed by atoms with Crippen LogP contribution in [0.4, 0.5) is 0 Å². The van der Waals surface area contributed by atoms with Crippen LogP contribution >= 0.6 is 0 Å². The van der Waals surface area contributed by atoms with Crippen LogP contribution in [0.2, 0.25) is 0 Å². The van der Waals surface area contributed by atoms with Crippen molar-refractivity contribution in [3.8, 4) is 0 Å². The van der Waals surface area contributed by atoms with Crippen LogP contribution in [0.5, 0.6) is 0 Å². The maximum Gasteiger partial charge on any atom is 0.272 e. The van der Waals surface area contributed by atoms with E-state index in [1.165, 1.54) is 6.42 Å². The van der Waals surface area contributed by atoms with E-state index in [-0.39, 0.29) is 11.9 Å². The third-order valence-corrected chi connectivity index (χ3v) is 5.80. The summed E-state index contributed by atoms with van der Waals surface area (Å²) in [5, 5.41) is 10.6. The van der Waals surface area contributed by atoms with Crippen molar-refractivity contribution in [3.63, 3.8) is 0 Å². The summed E-state index contributed by atoms with van der Waals surface area (Å²) in [7, 11) is 0. The predicted octanol–water partition coefficient (Wildman–Crippen LogP) is 1.52. The lowest BCUT2D eigenvalue weighted by molar-refractivity contribution is -0.0683. The number of aryl methyl sites for hydroxylation is 1. The number of nitrogens with one attached hydrogen (secondary N) is 2. The molecule has 1 amide bonds. The number of nitrogens with zero attached hydrogens (tertiary/aromatic N) is 2. The number of carbonyl (C=O) groups is 1. The van der Waals surface area contributed by atoms with Gasteiger partial charge in [-0.3, -0.25) is 14.8 Å². The van der Waals surface area contributed by atoms with E-state index < -0.39 is 0 Å². The Morgan fingerprint density at radius 3 is 3.00 bits per heavy atom. The van der Waals surface area contributed by atoms with Crippen LogP contribution in [0.1, 0.15) is 54.9 Å². The molecule has 0 bridgehead atoms. The summed E-state index contributed by atoms with van der Waals surface area (Å²) in [5.74, 6) is 0.524. The second-order valence-electron chi connectivity index (χ2n) is 7.87. The highest BCUT2D eigenvalue weighted by Gasteiger charge is 2.39. The van der Waals surface area contributed by atoms with Gasteiger partial charge in [-0.2, -0.15) is 5.10 Å². The van der Waals surface area contributed by atoms with Crippen molar-refractivity contribution in [2.24, 2.45) is 5.92 Å². The maximum absolute atomic E-state index is 12.7. The van der Waals surface area contributed by atoms with E-state index in [1.54, 1.807) is 0 Å². The van der Waals surface area contributed by atoms with E-state index in [1.807, 2.05) is 0 Å². The number of carbonyl (C=O) groups excluding carboxylic acids is 1. The van der Waals surface area contributed by atoms with Crippen molar-refractivity contribution < 1.29 is 9.53 Å². The minimum atomic E-state index is -0.0134. The lowest BCUT2D eigenvalue weighted by atomic mass is 9.95. The number of aromatic amines is 1. The molecular formula is C18H28N4O2. The number of amides is 1. The molecule has 1 aromatic rings. The number of H-pyrrole nitrogens is 1. The Kier molecular flexibility index (Phi) is 4.35. The zero-order chi connectivity index (χ0) is 16.7. The fourth-order valence-electron chi connectivity index (χ4n) is 4.33. The molecule has 2 N–H and O–H groups in total. The Bertz CT molecular complexity index is 612. The quantitative estimate of drug-likeness (QED) is 0.880. The van der Waals surface area contributed by atoms with E-state index in [0.29, 0.717) is 23.8 Å². The van der Waals surface area contributed by atoms with Crippen molar-refractivity contribution in [1.82, 2.24) is 20.4 Å². The molecule has 1 aromatic heterocycles. The summed E-state index contributed by atoms with van der Waals surface area (Å²) in [6.45, 7) is 7.11. The van der Waals surface area contributed by atoms with Gasteiger partial charge >= 0.3 is 0 Å². The zero-order valence-corrected chi connectivity index (χ0v) is 14.7. The third kappa shape index (κ3) is 2.97. The van der Waals surface area contributed by atoms with Crippen molar-refractivity contribution in [2.45, 2.75) is 64.1 Å². The molecule has 0 unspecified atom stereocenters. The number of hydrogen-bond acceptors (Lipinski definition) is 4. The highest BCUT2D eigenvalue weighted by molar-refractivity contribution is 5.94. The average molecular weight is 332 g/mol. The Morgan fingerprint density at radius 1 is 1.33 bits per heavy atom. The lowest BCUT2D eigenvalue weighted by Gasteiger charge is -2.36. The molecule has 2 aliphatic heterocycles. The molecule has 2 fully saturated rings. The molecule has 3 heterocycles. The normalized spacial score (nSPS) is 30.2. The van der Waals surface area contributed by atoms with Crippen molar-refractivity contribution in [1.29, 1.82) is 0 Å². The van der Waals surface area contributed by atoms with Crippen LogP contribution in [0, 0.1) is 5.92 Å². The third-order valence-electron chi connectivity index (χ3n) is 5.80. The molecule has 24 heavy (non-hydrogen) atoms. The van der Waals surface area contributed by atoms with Gasteiger partial charge in [0.05, 0.1) is 12.7 Å². The Hall–Kier alpha value is -1.40. The van der Waals surface area contributed by atoms with Crippen LogP contribution in [-0.4, -0.2) is 58.9 Å². The van der Waals surface area contributed by atoms with Crippen LogP contribution in [0.25, 0.3) is 0 Å². The van der Waals surface area contributed by atoms with Crippen LogP contribution in [0.3, 0.4) is 0 Å². The van der Waals surface area contributed by atoms with E-state index in [2.05, 4.69) is 34.3 Å². The van der Waals surface area contributed by atoms with Gasteiger partial charge in [-0.05, 0) is 38.0 Å². The molecule has 6 heteroatoms. The largest absolute Gasteiger partial charge is 0.375 e. The highest BCUT2D eigenvalue weighted by Crippen LogP contribution is 2.27. The maximum atomic E-state index is 12.7. The Labute approximate surface area is 143 Å². The highest BCUT2D eigenvalue weighted by atomic mass is 16.5. The number of fused-ring (bicyclic) bond motifs is 2. The molecule has 3 aliphatic rings. The topological polar surface area (TPSA) is 70.2 Å². The smallest absolute Gasteiger partial charge is 0.272 e. The summed E-state index contributed by atoms with van der Waals surface area (Å²) in [6.07, 6.45) is 5.62. The summed E-state index contributed by atoms with van der Waals surface area (Å²) >= 11 is 0. The van der Waals surface area contributed by atoms with Gasteiger partial charge in [0.15, 0.2) is 5.69 Å². The van der Waals surface area contributed by atoms with E-state index >= 15 is 0 Å². The molecular weight excluding hydrogens is 304 g/mol. The van der Waals surface area contributed by atoms with Gasteiger partial charge in [0.2, 0.25) is 0 Å². The van der Waals surface area contributed by atoms with Gasteiger partial charge in [0.1, 0.15) is 0 Å². The van der Waals surface area contributed by atoms with E-state index in [4.69, 9.17) is 4.74 Å². The van der Waals surface area contributed by atoms with Crippen molar-refractivity contribution in [3.05, 3.63) is 17.0 Å². The SMILES string of the molecule is CC(C)[C@@H]1CN2C[C@@H](NC(=O)c3n[nH]c4c3CCCC4)C[C@H]2CO1. The average Bonchev–Trinajstić information content (AvgIpc) is 3.17. The molecule has 0 radical (unpaired) electrons. The van der Waals surface area contributed by atoms with Gasteiger partial charge in [-0.15, -0.1) is 0 Å². The first-order chi connectivity index (χ1) is 11.6. The standard InChI is InChI=1S/C18H28N4O2/c1-11(2)16-9-22-8-12(7-13(22)10-24-16)19-18(23)17-14-5-3-4-6-15(14)20-21-17/h11-13,16H,3-10H2,1-2H3,(H,19,23)(H,20,21)/t12-,13-,16-/m0/s1. The molecule has 0 aromatic carbocycles. The van der Waals surface area contributed by atoms with Crippen LogP contribution < -0.4 is 5.32 Å². The fourth-order valence-corrected chi connectivity index (χ4v) is 4.33. The van der Waals surface area contributed by atoms with Gasteiger partial charge in [0, 0.05) is 36.4 Å². The number of hydrogen-bond donors (Lipinski definition) is 2. The second-order valence-corrected chi connectivity index (χ2v) is 7.87. The first-order valence-electron chi connectivity index (χ1n) is 9.34. The minimum Gasteiger partial charge on any atom is -0.375 e. The molecule has 132 valence electrons. The van der Waals surface area contributed by atoms with E-state index in [0.717, 1.165) is 56.6 Å². The van der Waals surface area contributed by atoms with E-state index in [9.17, 15) is 4.79 Å². The molecule has 1 aliphatic carbocycles. The molecule has 6 nitrogen and oxygen atoms in total. The number of rotatable bonds is 3. The van der Waals surface area contributed by atoms with Gasteiger partial charge in [-0.25, -0.2) is 0 Å². The molecule has 4 rings (SSSR count). The van der Waals surface area contributed by atoms with Crippen molar-refractivity contribution in [2.75, 3.05) is 19.7 Å². The summed E-state index contributed by atoms with van der Waals surface area (Å²) in [5.41, 5.74) is 2.91. The molecule has 0 spiro atoms. The molecule has 3 atom stereocenters. The van der Waals surface area contributed by atoms with Gasteiger partial charge < -0.3 is 10.1 Å². The lowest BCUT2D eigenvalue weighted by Crippen LogP contribution is -2.48. The molecule has 2 saturated heterocycles. The second kappa shape index (κ2) is 6.48. The summed E-state index contributed by atoms with van der Waals surface area (Å²) in [6, 6.07) is 0.645. The Balaban J connectivity index is 1.38. The van der Waals surface area contributed by atoms with Crippen LogP contribution in [-0.2, 0) is 17.6 Å². The number of morpholine rings is 1. The number of aromatic nitrogens is 2. The van der Waals surface area contributed by atoms with Gasteiger partial charge in [0.25, 0.3) is 5.91 Å². The van der Waals surface area contributed by atoms with Gasteiger partial charge in [-0.1, -0.05) is 13.8 Å².